The Bertz CT molecular complexity index is 722. The van der Waals surface area contributed by atoms with E-state index in [0.717, 1.165) is 12.8 Å². The molecule has 1 aromatic heterocycles. The Hall–Kier alpha value is -2.08. The highest BCUT2D eigenvalue weighted by Gasteiger charge is 2.31. The maximum absolute atomic E-state index is 12.1. The number of nitrogens with zero attached hydrogens (tertiary/aromatic N) is 1. The lowest BCUT2D eigenvalue weighted by atomic mass is 10.0. The van der Waals surface area contributed by atoms with Gasteiger partial charge in [0.25, 0.3) is 0 Å². The van der Waals surface area contributed by atoms with E-state index < -0.39 is 5.97 Å². The van der Waals surface area contributed by atoms with Gasteiger partial charge in [-0.3, -0.25) is 4.57 Å². The molecule has 106 valence electrons. The van der Waals surface area contributed by atoms with Gasteiger partial charge in [-0.15, -0.1) is 0 Å². The second kappa shape index (κ2) is 4.49. The van der Waals surface area contributed by atoms with Crippen LogP contribution in [0.4, 0.5) is 0 Å². The summed E-state index contributed by atoms with van der Waals surface area (Å²) in [5, 5.41) is 9.16. The van der Waals surface area contributed by atoms with Gasteiger partial charge in [-0.1, -0.05) is 6.07 Å². The third-order valence-electron chi connectivity index (χ3n) is 3.83. The van der Waals surface area contributed by atoms with Gasteiger partial charge in [-0.25, -0.2) is 9.59 Å². The van der Waals surface area contributed by atoms with Crippen molar-refractivity contribution < 1.29 is 14.6 Å². The van der Waals surface area contributed by atoms with Gasteiger partial charge in [0.2, 0.25) is 0 Å². The molecule has 0 aliphatic carbocycles. The monoisotopic (exact) mass is 276 g/mol. The van der Waals surface area contributed by atoms with Crippen LogP contribution >= 0.6 is 0 Å². The summed E-state index contributed by atoms with van der Waals surface area (Å²) < 4.78 is 7.27. The fraction of sp³-hybridized carbons (Fsp3) is 0.429. The van der Waals surface area contributed by atoms with E-state index in [-0.39, 0.29) is 16.9 Å². The summed E-state index contributed by atoms with van der Waals surface area (Å²) in [6, 6.07) is 4.88. The van der Waals surface area contributed by atoms with Crippen LogP contribution in [-0.2, 0) is 11.3 Å². The normalized spacial score (nSPS) is 22.4. The Morgan fingerprint density at radius 1 is 1.55 bits per heavy atom. The van der Waals surface area contributed by atoms with Crippen molar-refractivity contribution in [2.45, 2.75) is 31.9 Å². The lowest BCUT2D eigenvalue weighted by Gasteiger charge is -2.23. The second-order valence-electron chi connectivity index (χ2n) is 5.42. The molecule has 0 amide bonds. The highest BCUT2D eigenvalue weighted by molar-refractivity contribution is 6.00. The molecule has 1 atom stereocenters. The van der Waals surface area contributed by atoms with Crippen molar-refractivity contribution in [3.8, 4) is 0 Å². The van der Waals surface area contributed by atoms with Gasteiger partial charge in [0.1, 0.15) is 0 Å². The SMILES string of the molecule is CC1(Cn2c(=O)[nH]c3c(C(=O)O)cccc32)CCCO1. The Balaban J connectivity index is 2.12. The van der Waals surface area contributed by atoms with E-state index in [2.05, 4.69) is 4.98 Å². The molecule has 1 aliphatic rings. The lowest BCUT2D eigenvalue weighted by molar-refractivity contribution is 0.00642. The fourth-order valence-corrected chi connectivity index (χ4v) is 2.81. The summed E-state index contributed by atoms with van der Waals surface area (Å²) in [4.78, 5) is 25.9. The number of aromatic carboxylic acids is 1. The Labute approximate surface area is 115 Å². The summed E-state index contributed by atoms with van der Waals surface area (Å²) in [5.74, 6) is -1.05. The third-order valence-corrected chi connectivity index (χ3v) is 3.83. The smallest absolute Gasteiger partial charge is 0.337 e. The molecule has 0 spiro atoms. The molecular weight excluding hydrogens is 260 g/mol. The van der Waals surface area contributed by atoms with Gasteiger partial charge in [-0.2, -0.15) is 0 Å². The second-order valence-corrected chi connectivity index (χ2v) is 5.42. The molecule has 1 aromatic carbocycles. The maximum atomic E-state index is 12.1. The predicted octanol–water partition coefficient (Wildman–Crippen LogP) is 1.60. The molecule has 6 heteroatoms. The Morgan fingerprint density at radius 3 is 3.00 bits per heavy atom. The van der Waals surface area contributed by atoms with Crippen molar-refractivity contribution in [3.05, 3.63) is 34.2 Å². The van der Waals surface area contributed by atoms with Crippen molar-refractivity contribution in [1.29, 1.82) is 0 Å². The molecular formula is C14H16N2O4. The number of aromatic nitrogens is 2. The summed E-state index contributed by atoms with van der Waals surface area (Å²) in [6.07, 6.45) is 1.87. The zero-order chi connectivity index (χ0) is 14.3. The van der Waals surface area contributed by atoms with E-state index in [1.165, 1.54) is 6.07 Å². The number of aromatic amines is 1. The largest absolute Gasteiger partial charge is 0.478 e. The maximum Gasteiger partial charge on any atom is 0.337 e. The quantitative estimate of drug-likeness (QED) is 0.891. The first-order chi connectivity index (χ1) is 9.50. The molecule has 1 fully saturated rings. The topological polar surface area (TPSA) is 84.3 Å². The average Bonchev–Trinajstić information content (AvgIpc) is 2.95. The van der Waals surface area contributed by atoms with Crippen LogP contribution in [0.2, 0.25) is 0 Å². The van der Waals surface area contributed by atoms with Gasteiger partial charge in [0.05, 0.1) is 28.7 Å². The van der Waals surface area contributed by atoms with Gasteiger partial charge in [-0.05, 0) is 31.9 Å². The fourth-order valence-electron chi connectivity index (χ4n) is 2.81. The van der Waals surface area contributed by atoms with E-state index in [4.69, 9.17) is 9.84 Å². The molecule has 1 unspecified atom stereocenters. The molecule has 0 bridgehead atoms. The molecule has 20 heavy (non-hydrogen) atoms. The first kappa shape index (κ1) is 12.9. The van der Waals surface area contributed by atoms with Crippen molar-refractivity contribution in [2.75, 3.05) is 6.61 Å². The number of carboxylic acid groups (broad SMARTS) is 1. The molecule has 2 aromatic rings. The predicted molar refractivity (Wildman–Crippen MR) is 73.1 cm³/mol. The number of nitrogens with one attached hydrogen (secondary N) is 1. The van der Waals surface area contributed by atoms with Crippen LogP contribution in [0.3, 0.4) is 0 Å². The Morgan fingerprint density at radius 2 is 2.35 bits per heavy atom. The molecule has 3 rings (SSSR count). The van der Waals surface area contributed by atoms with Crippen molar-refractivity contribution in [2.24, 2.45) is 0 Å². The number of ether oxygens (including phenoxy) is 1. The molecule has 0 saturated carbocycles. The highest BCUT2D eigenvalue weighted by Crippen LogP contribution is 2.27. The standard InChI is InChI=1S/C14H16N2O4/c1-14(6-3-7-20-14)8-16-10-5-2-4-9(12(17)18)11(10)15-13(16)19/h2,4-5H,3,6-8H2,1H3,(H,15,19)(H,17,18). The first-order valence-corrected chi connectivity index (χ1v) is 6.59. The summed E-state index contributed by atoms with van der Waals surface area (Å²) in [5.41, 5.74) is 0.414. The number of hydrogen-bond acceptors (Lipinski definition) is 3. The number of imidazole rings is 1. The van der Waals surface area contributed by atoms with Crippen molar-refractivity contribution in [3.63, 3.8) is 0 Å². The van der Waals surface area contributed by atoms with Crippen molar-refractivity contribution in [1.82, 2.24) is 9.55 Å². The molecule has 0 radical (unpaired) electrons. The zero-order valence-electron chi connectivity index (χ0n) is 11.2. The first-order valence-electron chi connectivity index (χ1n) is 6.59. The van der Waals surface area contributed by atoms with E-state index in [1.807, 2.05) is 6.92 Å². The zero-order valence-corrected chi connectivity index (χ0v) is 11.2. The van der Waals surface area contributed by atoms with Gasteiger partial charge < -0.3 is 14.8 Å². The van der Waals surface area contributed by atoms with Crippen LogP contribution in [0, 0.1) is 0 Å². The number of rotatable bonds is 3. The van der Waals surface area contributed by atoms with Crippen LogP contribution in [-0.4, -0.2) is 32.8 Å². The van der Waals surface area contributed by atoms with Gasteiger partial charge >= 0.3 is 11.7 Å². The van der Waals surface area contributed by atoms with Crippen molar-refractivity contribution >= 4 is 17.0 Å². The molecule has 2 heterocycles. The Kier molecular flexibility index (Phi) is 2.90. The summed E-state index contributed by atoms with van der Waals surface area (Å²) in [7, 11) is 0. The number of carboxylic acids is 1. The molecule has 1 saturated heterocycles. The minimum atomic E-state index is -1.05. The van der Waals surface area contributed by atoms with Gasteiger partial charge in [0.15, 0.2) is 0 Å². The average molecular weight is 276 g/mol. The number of carbonyl (C=O) groups is 1. The minimum absolute atomic E-state index is 0.107. The minimum Gasteiger partial charge on any atom is -0.478 e. The van der Waals surface area contributed by atoms with Crippen LogP contribution in [0.1, 0.15) is 30.1 Å². The van der Waals surface area contributed by atoms with Crippen LogP contribution in [0.5, 0.6) is 0 Å². The number of H-pyrrole nitrogens is 1. The van der Waals surface area contributed by atoms with E-state index in [9.17, 15) is 9.59 Å². The lowest BCUT2D eigenvalue weighted by Crippen LogP contribution is -2.33. The van der Waals surface area contributed by atoms with Crippen LogP contribution in [0.25, 0.3) is 11.0 Å². The molecule has 2 N–H and O–H groups in total. The number of fused-ring (bicyclic) bond motifs is 1. The number of benzene rings is 1. The molecule has 1 aliphatic heterocycles. The van der Waals surface area contributed by atoms with Gasteiger partial charge in [0, 0.05) is 6.61 Å². The van der Waals surface area contributed by atoms with Crippen LogP contribution < -0.4 is 5.69 Å². The van der Waals surface area contributed by atoms with E-state index in [0.29, 0.717) is 24.2 Å². The van der Waals surface area contributed by atoms with E-state index >= 15 is 0 Å². The number of hydrogen-bond donors (Lipinski definition) is 2. The highest BCUT2D eigenvalue weighted by atomic mass is 16.5. The third kappa shape index (κ3) is 2.02. The van der Waals surface area contributed by atoms with Crippen LogP contribution in [0.15, 0.2) is 23.0 Å². The molecule has 6 nitrogen and oxygen atoms in total. The summed E-state index contributed by atoms with van der Waals surface area (Å²) >= 11 is 0. The number of para-hydroxylation sites is 1. The van der Waals surface area contributed by atoms with E-state index in [1.54, 1.807) is 16.7 Å². The summed E-state index contributed by atoms with van der Waals surface area (Å²) in [6.45, 7) is 3.11.